The average Bonchev–Trinajstić information content (AvgIpc) is 3.29. The van der Waals surface area contributed by atoms with Gasteiger partial charge in [0.1, 0.15) is 0 Å². The van der Waals surface area contributed by atoms with Gasteiger partial charge in [-0.25, -0.2) is 9.50 Å². The van der Waals surface area contributed by atoms with E-state index in [4.69, 9.17) is 14.8 Å². The van der Waals surface area contributed by atoms with E-state index in [1.807, 2.05) is 35.1 Å². The first-order chi connectivity index (χ1) is 13.3. The molecule has 7 heteroatoms. The Hall–Kier alpha value is -2.77. The molecule has 1 aliphatic heterocycles. The van der Waals surface area contributed by atoms with Crippen LogP contribution in [0.3, 0.4) is 0 Å². The molecule has 1 aliphatic rings. The third-order valence-corrected chi connectivity index (χ3v) is 5.69. The van der Waals surface area contributed by atoms with Crippen LogP contribution < -0.4 is 4.90 Å². The van der Waals surface area contributed by atoms with Gasteiger partial charge < -0.3 is 9.64 Å². The number of pyridine rings is 1. The van der Waals surface area contributed by atoms with Gasteiger partial charge in [0, 0.05) is 37.5 Å². The number of hydrogen-bond donors (Lipinski definition) is 0. The number of morpholine rings is 1. The first kappa shape index (κ1) is 16.4. The van der Waals surface area contributed by atoms with Crippen molar-refractivity contribution >= 4 is 21.4 Å². The van der Waals surface area contributed by atoms with E-state index in [9.17, 15) is 0 Å². The van der Waals surface area contributed by atoms with Crippen molar-refractivity contribution in [2.24, 2.45) is 0 Å². The van der Waals surface area contributed by atoms with E-state index in [1.165, 1.54) is 5.56 Å². The van der Waals surface area contributed by atoms with Gasteiger partial charge in [0.25, 0.3) is 0 Å². The van der Waals surface area contributed by atoms with Crippen LogP contribution in [-0.2, 0) is 11.2 Å². The monoisotopic (exact) mass is 377 g/mol. The van der Waals surface area contributed by atoms with Crippen molar-refractivity contribution in [2.75, 3.05) is 24.6 Å². The van der Waals surface area contributed by atoms with Crippen LogP contribution in [0.1, 0.15) is 5.56 Å². The Morgan fingerprint density at radius 2 is 2.07 bits per heavy atom. The van der Waals surface area contributed by atoms with Crippen molar-refractivity contribution in [3.05, 3.63) is 66.6 Å². The summed E-state index contributed by atoms with van der Waals surface area (Å²) in [4.78, 5) is 12.1. The second-order valence-electron chi connectivity index (χ2n) is 6.61. The fourth-order valence-corrected chi connectivity index (χ4v) is 4.28. The topological polar surface area (TPSA) is 55.6 Å². The van der Waals surface area contributed by atoms with Crippen molar-refractivity contribution < 1.29 is 4.74 Å². The predicted molar refractivity (Wildman–Crippen MR) is 106 cm³/mol. The summed E-state index contributed by atoms with van der Waals surface area (Å²) in [5, 5.41) is 5.74. The normalized spacial score (nSPS) is 17.5. The van der Waals surface area contributed by atoms with Gasteiger partial charge in [0.05, 0.1) is 24.6 Å². The minimum Gasteiger partial charge on any atom is -0.374 e. The van der Waals surface area contributed by atoms with E-state index >= 15 is 0 Å². The maximum absolute atomic E-state index is 5.97. The molecule has 0 aliphatic carbocycles. The van der Waals surface area contributed by atoms with E-state index in [0.717, 1.165) is 47.5 Å². The molecule has 0 bridgehead atoms. The summed E-state index contributed by atoms with van der Waals surface area (Å²) in [6.45, 7) is 2.43. The highest BCUT2D eigenvalue weighted by Gasteiger charge is 2.24. The lowest BCUT2D eigenvalue weighted by Crippen LogP contribution is -2.43. The summed E-state index contributed by atoms with van der Waals surface area (Å²) >= 11 is 1.62. The molecule has 1 fully saturated rings. The maximum atomic E-state index is 5.97. The van der Waals surface area contributed by atoms with Crippen LogP contribution in [0.15, 0.2) is 61.1 Å². The number of rotatable bonds is 4. The summed E-state index contributed by atoms with van der Waals surface area (Å²) in [6, 6.07) is 14.4. The minimum absolute atomic E-state index is 0.184. The molecule has 0 radical (unpaired) electrons. The number of imidazole rings is 1. The van der Waals surface area contributed by atoms with Gasteiger partial charge in [0.15, 0.2) is 0 Å². The molecule has 136 valence electrons. The molecular formula is C20H19N5OS. The number of ether oxygens (including phenoxy) is 1. The van der Waals surface area contributed by atoms with Crippen LogP contribution in [0.5, 0.6) is 0 Å². The lowest BCUT2D eigenvalue weighted by atomic mass is 10.1. The molecule has 4 heterocycles. The zero-order chi connectivity index (χ0) is 18.1. The highest BCUT2D eigenvalue weighted by molar-refractivity contribution is 7.20. The average molecular weight is 377 g/mol. The standard InChI is InChI=1S/C20H19N5OS/c1-2-5-15(6-3-1)11-17-13-24(9-10-26-17)20-23-25-14-18(22-19(25)27-20)16-7-4-8-21-12-16/h1-8,12,14,17H,9-11,13H2. The lowest BCUT2D eigenvalue weighted by molar-refractivity contribution is 0.0410. The van der Waals surface area contributed by atoms with Crippen molar-refractivity contribution in [1.29, 1.82) is 0 Å². The first-order valence-electron chi connectivity index (χ1n) is 9.02. The zero-order valence-electron chi connectivity index (χ0n) is 14.7. The number of benzene rings is 1. The fourth-order valence-electron chi connectivity index (χ4n) is 3.36. The van der Waals surface area contributed by atoms with Gasteiger partial charge in [-0.15, -0.1) is 5.10 Å². The van der Waals surface area contributed by atoms with Crippen LogP contribution >= 0.6 is 11.3 Å². The highest BCUT2D eigenvalue weighted by Crippen LogP contribution is 2.28. The van der Waals surface area contributed by atoms with Gasteiger partial charge in [-0.1, -0.05) is 41.7 Å². The summed E-state index contributed by atoms with van der Waals surface area (Å²) in [6.07, 6.45) is 6.66. The zero-order valence-corrected chi connectivity index (χ0v) is 15.5. The molecular weight excluding hydrogens is 358 g/mol. The van der Waals surface area contributed by atoms with E-state index < -0.39 is 0 Å². The molecule has 27 heavy (non-hydrogen) atoms. The number of nitrogens with zero attached hydrogens (tertiary/aromatic N) is 5. The molecule has 5 rings (SSSR count). The summed E-state index contributed by atoms with van der Waals surface area (Å²) in [5.41, 5.74) is 3.21. The highest BCUT2D eigenvalue weighted by atomic mass is 32.1. The Balaban J connectivity index is 1.33. The molecule has 1 unspecified atom stereocenters. The summed E-state index contributed by atoms with van der Waals surface area (Å²) < 4.78 is 7.84. The predicted octanol–water partition coefficient (Wildman–Crippen LogP) is 3.30. The van der Waals surface area contributed by atoms with Gasteiger partial charge >= 0.3 is 0 Å². The molecule has 1 atom stereocenters. The summed E-state index contributed by atoms with van der Waals surface area (Å²) in [5.74, 6) is 0. The third-order valence-electron chi connectivity index (χ3n) is 4.71. The lowest BCUT2D eigenvalue weighted by Gasteiger charge is -2.32. The number of aromatic nitrogens is 4. The SMILES string of the molecule is c1ccc(CC2CN(c3nn4cc(-c5cccnc5)nc4s3)CCO2)cc1. The Morgan fingerprint density at radius 3 is 2.89 bits per heavy atom. The largest absolute Gasteiger partial charge is 0.374 e. The molecule has 6 nitrogen and oxygen atoms in total. The van der Waals surface area contributed by atoms with Crippen LogP contribution in [0, 0.1) is 0 Å². The molecule has 1 saturated heterocycles. The summed E-state index contributed by atoms with van der Waals surface area (Å²) in [7, 11) is 0. The molecule has 0 spiro atoms. The quantitative estimate of drug-likeness (QED) is 0.546. The van der Waals surface area contributed by atoms with Gasteiger partial charge in [-0.2, -0.15) is 0 Å². The van der Waals surface area contributed by atoms with Crippen molar-refractivity contribution in [3.63, 3.8) is 0 Å². The minimum atomic E-state index is 0.184. The van der Waals surface area contributed by atoms with Crippen LogP contribution in [0.2, 0.25) is 0 Å². The van der Waals surface area contributed by atoms with Crippen LogP contribution in [-0.4, -0.2) is 45.4 Å². The second-order valence-corrected chi connectivity index (χ2v) is 7.54. The third kappa shape index (κ3) is 3.43. The molecule has 1 aromatic carbocycles. The van der Waals surface area contributed by atoms with Gasteiger partial charge in [-0.05, 0) is 17.7 Å². The Morgan fingerprint density at radius 1 is 1.15 bits per heavy atom. The van der Waals surface area contributed by atoms with Crippen molar-refractivity contribution in [2.45, 2.75) is 12.5 Å². The van der Waals surface area contributed by atoms with E-state index in [-0.39, 0.29) is 6.10 Å². The Labute approximate surface area is 161 Å². The molecule has 0 saturated carbocycles. The fraction of sp³-hybridized carbons (Fsp3) is 0.250. The van der Waals surface area contributed by atoms with Crippen molar-refractivity contribution in [3.8, 4) is 11.3 Å². The van der Waals surface area contributed by atoms with E-state index in [0.29, 0.717) is 0 Å². The van der Waals surface area contributed by atoms with Crippen LogP contribution in [0.25, 0.3) is 16.2 Å². The number of fused-ring (bicyclic) bond motifs is 1. The smallest absolute Gasteiger partial charge is 0.214 e. The molecule has 4 aromatic rings. The molecule has 3 aromatic heterocycles. The van der Waals surface area contributed by atoms with Gasteiger partial charge in [-0.3, -0.25) is 4.98 Å². The Kier molecular flexibility index (Phi) is 4.31. The number of hydrogen-bond acceptors (Lipinski definition) is 6. The first-order valence-corrected chi connectivity index (χ1v) is 9.84. The van der Waals surface area contributed by atoms with Crippen LogP contribution in [0.4, 0.5) is 5.13 Å². The Bertz CT molecular complexity index is 999. The van der Waals surface area contributed by atoms with E-state index in [1.54, 1.807) is 17.5 Å². The maximum Gasteiger partial charge on any atom is 0.214 e. The second kappa shape index (κ2) is 7.09. The number of anilines is 1. The van der Waals surface area contributed by atoms with E-state index in [2.05, 4.69) is 34.1 Å². The molecule has 0 N–H and O–H groups in total. The van der Waals surface area contributed by atoms with Crippen molar-refractivity contribution in [1.82, 2.24) is 19.6 Å². The molecule has 0 amide bonds. The van der Waals surface area contributed by atoms with Gasteiger partial charge in [0.2, 0.25) is 10.1 Å².